The number of rotatable bonds is 21. The highest BCUT2D eigenvalue weighted by atomic mass is 16.6. The SMILES string of the molecule is CC(C)(C)OC(=O)CC1CCN(Cc2ccc3cncc(-c4ccc(CC(=O)Cc5ccccc5)cc4)c3c2)CC1.CC(C)(C)OC(=O)CC1CCN(Cc2ccc3cncc(-c4ccc(N)cc4)c3c2)CC1.NC1CCN(Cc2ccc3cncc(-c4ccc(CC(=O)Cc5ccccc5)cc4)c3c2)CC1. The molecule has 0 radical (unpaired) electrons. The van der Waals surface area contributed by atoms with Crippen molar-refractivity contribution in [2.45, 2.75) is 155 Å². The van der Waals surface area contributed by atoms with E-state index in [2.05, 4.69) is 133 Å². The second-order valence-electron chi connectivity index (χ2n) is 31.6. The van der Waals surface area contributed by atoms with Crippen molar-refractivity contribution in [3.63, 3.8) is 0 Å². The molecule has 0 bridgehead atoms. The third-order valence-corrected chi connectivity index (χ3v) is 20.5. The highest BCUT2D eigenvalue weighted by Crippen LogP contribution is 2.35. The summed E-state index contributed by atoms with van der Waals surface area (Å²) >= 11 is 0. The highest BCUT2D eigenvalue weighted by molar-refractivity contribution is 5.98. The van der Waals surface area contributed by atoms with Crippen molar-refractivity contribution in [3.05, 3.63) is 264 Å². The topological polar surface area (TPSA) is 187 Å². The van der Waals surface area contributed by atoms with Crippen LogP contribution in [0.1, 0.15) is 132 Å². The minimum absolute atomic E-state index is 0.0747. The van der Waals surface area contributed by atoms with Crippen LogP contribution in [0, 0.1) is 11.8 Å². The van der Waals surface area contributed by atoms with E-state index in [4.69, 9.17) is 20.9 Å². The zero-order chi connectivity index (χ0) is 74.9. The van der Waals surface area contributed by atoms with Gasteiger partial charge in [0.1, 0.15) is 22.8 Å². The maximum atomic E-state index is 12.6. The number of hydrogen-bond donors (Lipinski definition) is 2. The third kappa shape index (κ3) is 22.7. The zero-order valence-corrected chi connectivity index (χ0v) is 63.2. The van der Waals surface area contributed by atoms with Crippen molar-refractivity contribution >= 4 is 61.5 Å². The number of esters is 2. The smallest absolute Gasteiger partial charge is 0.306 e. The fraction of sp³-hybridized carbons (Fsp3) is 0.344. The number of nitrogen functional groups attached to an aromatic ring is 1. The summed E-state index contributed by atoms with van der Waals surface area (Å²) in [6.45, 7) is 20.4. The lowest BCUT2D eigenvalue weighted by Crippen LogP contribution is -2.39. The molecule has 0 spiro atoms. The summed E-state index contributed by atoms with van der Waals surface area (Å²) in [5.74, 6) is 1.10. The molecular weight excluding hydrogens is 1330 g/mol. The predicted octanol–water partition coefficient (Wildman–Crippen LogP) is 17.8. The summed E-state index contributed by atoms with van der Waals surface area (Å²) in [5.41, 5.74) is 26.6. The van der Waals surface area contributed by atoms with Crippen molar-refractivity contribution in [3.8, 4) is 33.4 Å². The van der Waals surface area contributed by atoms with Crippen molar-refractivity contribution < 1.29 is 28.7 Å². The molecule has 0 aliphatic carbocycles. The lowest BCUT2D eigenvalue weighted by Gasteiger charge is -2.32. The van der Waals surface area contributed by atoms with Crippen molar-refractivity contribution in [2.75, 3.05) is 45.0 Å². The molecule has 8 aromatic carbocycles. The molecule has 0 atom stereocenters. The Balaban J connectivity index is 0.000000151. The van der Waals surface area contributed by atoms with Gasteiger partial charge in [-0.25, -0.2) is 0 Å². The standard InChI is InChI=1S/C36H40N2O3.C30H31N3O.C27H33N3O2/c1-36(2,3)41-35(40)22-28-15-17-38(18-16-28)25-29-11-14-31-23-37-24-34(33(31)21-29)30-12-9-27(10-13-30)20-32(39)19-26-7-5-4-6-8-26;31-27-12-14-33(15-13-27)21-24-8-11-26-19-32-20-30(29(26)18-24)25-9-6-23(7-10-25)17-28(34)16-22-4-2-1-3-5-22;1-27(2,3)32-26(31)15-19-10-12-30(13-11-19)18-20-4-5-22-16-29-17-25(24(22)14-20)21-6-8-23(28)9-7-21/h4-14,21,23-24,28H,15-20,22,25H2,1-3H3;1-11,18-20,27H,12-17,21,31H2;4-9,14,16-17,19H,10-13,15,18,28H2,1-3H3. The first-order valence-corrected chi connectivity index (χ1v) is 38.2. The monoisotopic (exact) mass is 1430 g/mol. The second kappa shape index (κ2) is 36.0. The van der Waals surface area contributed by atoms with E-state index < -0.39 is 11.2 Å². The number of pyridine rings is 3. The maximum Gasteiger partial charge on any atom is 0.306 e. The van der Waals surface area contributed by atoms with Gasteiger partial charge < -0.3 is 20.9 Å². The number of Topliss-reactive ketones (excluding diaryl/α,β-unsaturated/α-hetero) is 2. The first-order valence-electron chi connectivity index (χ1n) is 38.2. The van der Waals surface area contributed by atoms with Crippen LogP contribution >= 0.6 is 0 Å². The molecule has 3 fully saturated rings. The molecule has 14 nitrogen and oxygen atoms in total. The predicted molar refractivity (Wildman–Crippen MR) is 433 cm³/mol. The van der Waals surface area contributed by atoms with Crippen LogP contribution in [-0.4, -0.2) is 110 Å². The quantitative estimate of drug-likeness (QED) is 0.0511. The highest BCUT2D eigenvalue weighted by Gasteiger charge is 2.27. The van der Waals surface area contributed by atoms with E-state index in [9.17, 15) is 19.2 Å². The van der Waals surface area contributed by atoms with Gasteiger partial charge in [0.25, 0.3) is 0 Å². The normalized spacial score (nSPS) is 15.1. The molecule has 14 heteroatoms. The van der Waals surface area contributed by atoms with Gasteiger partial charge in [0.05, 0.1) is 0 Å². The number of anilines is 1. The Bertz CT molecular complexity index is 4780. The number of nitrogens with two attached hydrogens (primary N) is 2. The van der Waals surface area contributed by atoms with Gasteiger partial charge in [-0.2, -0.15) is 0 Å². The van der Waals surface area contributed by atoms with E-state index in [1.807, 2.05) is 164 Å². The molecule has 0 saturated carbocycles. The molecule has 3 saturated heterocycles. The summed E-state index contributed by atoms with van der Waals surface area (Å²) in [5, 5.41) is 7.01. The van der Waals surface area contributed by atoms with Crippen LogP contribution in [0.25, 0.3) is 65.7 Å². The van der Waals surface area contributed by atoms with Crippen molar-refractivity contribution in [1.82, 2.24) is 29.7 Å². The van der Waals surface area contributed by atoms with Gasteiger partial charge in [0, 0.05) is 140 Å². The van der Waals surface area contributed by atoms with Crippen LogP contribution in [0.4, 0.5) is 5.69 Å². The Labute approximate surface area is 631 Å². The van der Waals surface area contributed by atoms with Gasteiger partial charge in [-0.05, 0) is 233 Å². The van der Waals surface area contributed by atoms with E-state index in [1.165, 1.54) is 32.8 Å². The second-order valence-corrected chi connectivity index (χ2v) is 31.6. The van der Waals surface area contributed by atoms with Crippen LogP contribution in [0.3, 0.4) is 0 Å². The van der Waals surface area contributed by atoms with Crippen LogP contribution in [0.15, 0.2) is 225 Å². The molecule has 11 aromatic rings. The summed E-state index contributed by atoms with van der Waals surface area (Å²) in [6.07, 6.45) is 20.7. The molecule has 4 N–H and O–H groups in total. The summed E-state index contributed by atoms with van der Waals surface area (Å²) in [7, 11) is 0. The van der Waals surface area contributed by atoms with Crippen LogP contribution in [0.5, 0.6) is 0 Å². The fourth-order valence-corrected chi connectivity index (χ4v) is 14.9. The van der Waals surface area contributed by atoms with E-state index >= 15 is 0 Å². The Morgan fingerprint density at radius 3 is 0.981 bits per heavy atom. The van der Waals surface area contributed by atoms with E-state index in [-0.39, 0.29) is 23.5 Å². The fourth-order valence-electron chi connectivity index (χ4n) is 14.9. The number of likely N-dealkylation sites (tertiary alicyclic amines) is 3. The number of carbonyl (C=O) groups excluding carboxylic acids is 4. The third-order valence-electron chi connectivity index (χ3n) is 20.5. The number of fused-ring (bicyclic) bond motifs is 3. The Morgan fingerprint density at radius 1 is 0.374 bits per heavy atom. The van der Waals surface area contributed by atoms with Gasteiger partial charge in [0.15, 0.2) is 0 Å². The maximum absolute atomic E-state index is 12.6. The zero-order valence-electron chi connectivity index (χ0n) is 63.2. The van der Waals surface area contributed by atoms with Crippen LogP contribution in [0.2, 0.25) is 0 Å². The van der Waals surface area contributed by atoms with E-state index in [0.29, 0.717) is 56.4 Å². The van der Waals surface area contributed by atoms with E-state index in [1.54, 1.807) is 0 Å². The summed E-state index contributed by atoms with van der Waals surface area (Å²) in [6, 6.07) is 64.8. The lowest BCUT2D eigenvalue weighted by molar-refractivity contribution is -0.157. The molecule has 552 valence electrons. The first kappa shape index (κ1) is 76.6. The van der Waals surface area contributed by atoms with Gasteiger partial charge in [-0.1, -0.05) is 158 Å². The van der Waals surface area contributed by atoms with Crippen molar-refractivity contribution in [1.29, 1.82) is 0 Å². The number of hydrogen-bond acceptors (Lipinski definition) is 14. The van der Waals surface area contributed by atoms with Gasteiger partial charge >= 0.3 is 11.9 Å². The number of benzene rings is 8. The number of piperidine rings is 3. The molecule has 3 aliphatic heterocycles. The summed E-state index contributed by atoms with van der Waals surface area (Å²) < 4.78 is 11.0. The average Bonchev–Trinajstić information content (AvgIpc) is 0.803. The largest absolute Gasteiger partial charge is 0.460 e. The lowest BCUT2D eigenvalue weighted by atomic mass is 9.93. The molecule has 3 aliphatic rings. The molecular formula is C93H104N8O6. The molecule has 6 heterocycles. The number of ketones is 2. The summed E-state index contributed by atoms with van der Waals surface area (Å²) in [4.78, 5) is 70.4. The Kier molecular flexibility index (Phi) is 25.8. The average molecular weight is 1430 g/mol. The van der Waals surface area contributed by atoms with Gasteiger partial charge in [-0.3, -0.25) is 48.8 Å². The number of carbonyl (C=O) groups is 4. The number of ether oxygens (including phenoxy) is 2. The molecule has 14 rings (SSSR count). The molecule has 3 aromatic heterocycles. The Hall–Kier alpha value is -10.1. The van der Waals surface area contributed by atoms with Crippen LogP contribution < -0.4 is 11.5 Å². The minimum atomic E-state index is -0.425. The molecule has 0 unspecified atom stereocenters. The van der Waals surface area contributed by atoms with Gasteiger partial charge in [-0.15, -0.1) is 0 Å². The Morgan fingerprint density at radius 2 is 0.664 bits per heavy atom. The van der Waals surface area contributed by atoms with Crippen LogP contribution in [-0.2, 0) is 74.0 Å². The minimum Gasteiger partial charge on any atom is -0.460 e. The van der Waals surface area contributed by atoms with Crippen molar-refractivity contribution in [2.24, 2.45) is 17.6 Å². The number of aromatic nitrogens is 3. The van der Waals surface area contributed by atoms with E-state index in [0.717, 1.165) is 175 Å². The first-order chi connectivity index (χ1) is 51.6. The number of nitrogens with zero attached hydrogens (tertiary/aromatic N) is 6. The molecule has 107 heavy (non-hydrogen) atoms. The van der Waals surface area contributed by atoms with Gasteiger partial charge in [0.2, 0.25) is 0 Å². The molecule has 0 amide bonds.